The van der Waals surface area contributed by atoms with E-state index in [2.05, 4.69) is 10.3 Å². The highest BCUT2D eigenvalue weighted by Crippen LogP contribution is 2.27. The van der Waals surface area contributed by atoms with Gasteiger partial charge in [0.05, 0.1) is 6.20 Å². The minimum Gasteiger partial charge on any atom is -0.353 e. The number of nitrogens with zero attached hydrogens (tertiary/aromatic N) is 2. The summed E-state index contributed by atoms with van der Waals surface area (Å²) < 4.78 is 26.5. The number of carbonyl (C=O) groups excluding carboxylic acids is 1. The normalized spacial score (nSPS) is 18.1. The van der Waals surface area contributed by atoms with Gasteiger partial charge in [-0.2, -0.15) is 4.31 Å². The van der Waals surface area contributed by atoms with Crippen molar-refractivity contribution in [2.75, 3.05) is 13.1 Å². The van der Waals surface area contributed by atoms with Crippen molar-refractivity contribution < 1.29 is 13.2 Å². The van der Waals surface area contributed by atoms with Crippen molar-refractivity contribution in [1.29, 1.82) is 0 Å². The van der Waals surface area contributed by atoms with Crippen LogP contribution in [0.1, 0.15) is 26.2 Å². The Morgan fingerprint density at radius 1 is 1.55 bits per heavy atom. The van der Waals surface area contributed by atoms with Crippen molar-refractivity contribution in [3.8, 4) is 0 Å². The number of nitrogens with one attached hydrogen (secondary N) is 1. The molecule has 1 fully saturated rings. The van der Waals surface area contributed by atoms with Gasteiger partial charge in [0, 0.05) is 25.6 Å². The van der Waals surface area contributed by atoms with E-state index in [1.54, 1.807) is 6.92 Å². The molecule has 1 aliphatic heterocycles. The van der Waals surface area contributed by atoms with Crippen molar-refractivity contribution in [3.05, 3.63) is 10.7 Å². The number of sulfonamides is 1. The molecule has 0 saturated carbocycles. The first-order valence-electron chi connectivity index (χ1n) is 6.34. The minimum absolute atomic E-state index is 0.000505. The van der Waals surface area contributed by atoms with Crippen LogP contribution in [0, 0.1) is 0 Å². The van der Waals surface area contributed by atoms with Gasteiger partial charge in [-0.1, -0.05) is 29.9 Å². The Balaban J connectivity index is 1.98. The summed E-state index contributed by atoms with van der Waals surface area (Å²) in [5.74, 6) is 0.000505. The lowest BCUT2D eigenvalue weighted by molar-refractivity contribution is -0.121. The first-order valence-corrected chi connectivity index (χ1v) is 8.97. The van der Waals surface area contributed by atoms with Crippen LogP contribution in [0.3, 0.4) is 0 Å². The predicted molar refractivity (Wildman–Crippen MR) is 77.3 cm³/mol. The number of amides is 1. The van der Waals surface area contributed by atoms with Crippen LogP contribution in [0.15, 0.2) is 10.4 Å². The summed E-state index contributed by atoms with van der Waals surface area (Å²) in [6, 6.07) is 0.0546. The zero-order valence-corrected chi connectivity index (χ0v) is 13.4. The molecule has 0 bridgehead atoms. The fraction of sp³-hybridized carbons (Fsp3) is 0.636. The number of halogens is 1. The standard InChI is InChI=1S/C11H16ClN3O3S2/c1-2-9(16)14-8-3-5-15(6-4-8)20(17,18)10-7-13-11(12)19-10/h7-8H,2-6H2,1H3,(H,14,16). The second-order valence-electron chi connectivity index (χ2n) is 4.53. The molecular weight excluding hydrogens is 322 g/mol. The van der Waals surface area contributed by atoms with Gasteiger partial charge in [0.2, 0.25) is 5.91 Å². The summed E-state index contributed by atoms with van der Waals surface area (Å²) in [7, 11) is -3.51. The molecule has 1 aromatic rings. The molecule has 0 aliphatic carbocycles. The molecule has 9 heteroatoms. The molecule has 0 radical (unpaired) electrons. The third-order valence-corrected chi connectivity index (χ3v) is 6.64. The van der Waals surface area contributed by atoms with E-state index in [1.165, 1.54) is 10.5 Å². The van der Waals surface area contributed by atoms with E-state index in [4.69, 9.17) is 11.6 Å². The van der Waals surface area contributed by atoms with Gasteiger partial charge in [0.15, 0.2) is 8.68 Å². The van der Waals surface area contributed by atoms with E-state index in [0.717, 1.165) is 11.3 Å². The third-order valence-electron chi connectivity index (χ3n) is 3.19. The van der Waals surface area contributed by atoms with Crippen LogP contribution in [-0.4, -0.2) is 42.7 Å². The smallest absolute Gasteiger partial charge is 0.254 e. The molecule has 0 aromatic carbocycles. The Hall–Kier alpha value is -0.700. The average molecular weight is 338 g/mol. The lowest BCUT2D eigenvalue weighted by Gasteiger charge is -2.31. The molecule has 2 rings (SSSR count). The SMILES string of the molecule is CCC(=O)NC1CCN(S(=O)(=O)c2cnc(Cl)s2)CC1. The van der Waals surface area contributed by atoms with E-state index in [-0.39, 0.29) is 20.6 Å². The molecule has 112 valence electrons. The number of hydrogen-bond donors (Lipinski definition) is 1. The van der Waals surface area contributed by atoms with Crippen molar-refractivity contribution in [2.45, 2.75) is 36.4 Å². The Labute approximate surface area is 127 Å². The summed E-state index contributed by atoms with van der Waals surface area (Å²) in [5.41, 5.74) is 0. The van der Waals surface area contributed by atoms with Gasteiger partial charge in [-0.3, -0.25) is 4.79 Å². The maximum Gasteiger partial charge on any atom is 0.254 e. The Bertz CT molecular complexity index is 579. The second-order valence-corrected chi connectivity index (χ2v) is 8.31. The van der Waals surface area contributed by atoms with Crippen LogP contribution in [0.5, 0.6) is 0 Å². The molecule has 1 saturated heterocycles. The highest BCUT2D eigenvalue weighted by atomic mass is 35.5. The summed E-state index contributed by atoms with van der Waals surface area (Å²) >= 11 is 6.64. The molecule has 0 atom stereocenters. The maximum atomic E-state index is 12.3. The zero-order chi connectivity index (χ0) is 14.8. The summed E-state index contributed by atoms with van der Waals surface area (Å²) in [5, 5.41) is 2.89. The number of aromatic nitrogens is 1. The lowest BCUT2D eigenvalue weighted by atomic mass is 10.1. The Morgan fingerprint density at radius 2 is 2.20 bits per heavy atom. The third kappa shape index (κ3) is 3.49. The molecule has 0 spiro atoms. The monoisotopic (exact) mass is 337 g/mol. The molecule has 1 aliphatic rings. The molecule has 0 unspecified atom stereocenters. The van der Waals surface area contributed by atoms with Crippen LogP contribution >= 0.6 is 22.9 Å². The molecule has 20 heavy (non-hydrogen) atoms. The van der Waals surface area contributed by atoms with Gasteiger partial charge >= 0.3 is 0 Å². The molecule has 2 heterocycles. The quantitative estimate of drug-likeness (QED) is 0.902. The van der Waals surface area contributed by atoms with Crippen LogP contribution < -0.4 is 5.32 Å². The van der Waals surface area contributed by atoms with E-state index in [0.29, 0.717) is 32.4 Å². The van der Waals surface area contributed by atoms with Gasteiger partial charge in [-0.05, 0) is 12.8 Å². The van der Waals surface area contributed by atoms with E-state index in [1.807, 2.05) is 0 Å². The number of hydrogen-bond acceptors (Lipinski definition) is 5. The molecular formula is C11H16ClN3O3S2. The van der Waals surface area contributed by atoms with Gasteiger partial charge in [0.1, 0.15) is 0 Å². The van der Waals surface area contributed by atoms with Gasteiger partial charge in [-0.25, -0.2) is 13.4 Å². The highest BCUT2D eigenvalue weighted by molar-refractivity contribution is 7.91. The van der Waals surface area contributed by atoms with Crippen molar-refractivity contribution in [1.82, 2.24) is 14.6 Å². The molecule has 1 aromatic heterocycles. The van der Waals surface area contributed by atoms with Gasteiger partial charge in [-0.15, -0.1) is 0 Å². The zero-order valence-electron chi connectivity index (χ0n) is 11.0. The van der Waals surface area contributed by atoms with E-state index >= 15 is 0 Å². The Kier molecular flexibility index (Phi) is 5.00. The van der Waals surface area contributed by atoms with Crippen molar-refractivity contribution in [3.63, 3.8) is 0 Å². The van der Waals surface area contributed by atoms with Gasteiger partial charge < -0.3 is 5.32 Å². The van der Waals surface area contributed by atoms with E-state index < -0.39 is 10.0 Å². The first-order chi connectivity index (χ1) is 9.43. The van der Waals surface area contributed by atoms with Crippen LogP contribution in [0.25, 0.3) is 0 Å². The summed E-state index contributed by atoms with van der Waals surface area (Å²) in [6.45, 7) is 2.58. The summed E-state index contributed by atoms with van der Waals surface area (Å²) in [4.78, 5) is 15.1. The fourth-order valence-corrected chi connectivity index (χ4v) is 4.97. The highest BCUT2D eigenvalue weighted by Gasteiger charge is 2.31. The number of thiazole rings is 1. The van der Waals surface area contributed by atoms with Crippen LogP contribution in [-0.2, 0) is 14.8 Å². The second kappa shape index (κ2) is 6.38. The average Bonchev–Trinajstić information content (AvgIpc) is 2.86. The van der Waals surface area contributed by atoms with Gasteiger partial charge in [0.25, 0.3) is 10.0 Å². The topological polar surface area (TPSA) is 79.4 Å². The Morgan fingerprint density at radius 3 is 2.70 bits per heavy atom. The minimum atomic E-state index is -3.51. The molecule has 1 N–H and O–H groups in total. The first kappa shape index (κ1) is 15.7. The lowest BCUT2D eigenvalue weighted by Crippen LogP contribution is -2.46. The number of piperidine rings is 1. The van der Waals surface area contributed by atoms with Crippen molar-refractivity contribution in [2.24, 2.45) is 0 Å². The van der Waals surface area contributed by atoms with Crippen LogP contribution in [0.4, 0.5) is 0 Å². The largest absolute Gasteiger partial charge is 0.353 e. The van der Waals surface area contributed by atoms with E-state index in [9.17, 15) is 13.2 Å². The summed E-state index contributed by atoms with van der Waals surface area (Å²) in [6.07, 6.45) is 2.97. The molecule has 6 nitrogen and oxygen atoms in total. The molecule has 1 amide bonds. The fourth-order valence-electron chi connectivity index (χ4n) is 2.06. The van der Waals surface area contributed by atoms with Crippen LogP contribution in [0.2, 0.25) is 4.47 Å². The van der Waals surface area contributed by atoms with Crippen molar-refractivity contribution >= 4 is 38.9 Å². The maximum absolute atomic E-state index is 12.3. The predicted octanol–water partition coefficient (Wildman–Crippen LogP) is 1.48. The number of carbonyl (C=O) groups is 1. The number of rotatable bonds is 4.